The van der Waals surface area contributed by atoms with Crippen molar-refractivity contribution < 1.29 is 28.6 Å². The number of esters is 1. The Morgan fingerprint density at radius 2 is 1.64 bits per heavy atom. The first-order chi connectivity index (χ1) is 17.3. The molecule has 0 N–H and O–H groups in total. The van der Waals surface area contributed by atoms with Gasteiger partial charge in [-0.15, -0.1) is 0 Å². The molecule has 0 atom stereocenters. The van der Waals surface area contributed by atoms with Crippen molar-refractivity contribution in [3.05, 3.63) is 93.9 Å². The summed E-state index contributed by atoms with van der Waals surface area (Å²) in [6.07, 6.45) is 1.64. The molecule has 1 aliphatic heterocycles. The lowest BCUT2D eigenvalue weighted by molar-refractivity contribution is -0.123. The van der Waals surface area contributed by atoms with Crippen LogP contribution in [0.25, 0.3) is 6.08 Å². The highest BCUT2D eigenvalue weighted by Crippen LogP contribution is 2.32. The molecule has 7 nitrogen and oxygen atoms in total. The van der Waals surface area contributed by atoms with Crippen LogP contribution in [0.2, 0.25) is 0 Å². The van der Waals surface area contributed by atoms with Gasteiger partial charge in [-0.25, -0.2) is 4.79 Å². The molecule has 1 aliphatic rings. The summed E-state index contributed by atoms with van der Waals surface area (Å²) in [6, 6.07) is 19.2. The fourth-order valence-electron chi connectivity index (χ4n) is 3.48. The van der Waals surface area contributed by atoms with E-state index in [1.807, 2.05) is 32.0 Å². The zero-order chi connectivity index (χ0) is 25.7. The van der Waals surface area contributed by atoms with Gasteiger partial charge in [0, 0.05) is 0 Å². The Bertz CT molecular complexity index is 1310. The van der Waals surface area contributed by atoms with Crippen molar-refractivity contribution in [3.8, 4) is 17.2 Å². The van der Waals surface area contributed by atoms with Gasteiger partial charge in [0.2, 0.25) is 0 Å². The number of aryl methyl sites for hydroxylation is 2. The molecule has 0 spiro atoms. The first-order valence-electron chi connectivity index (χ1n) is 11.3. The number of methoxy groups -OCH3 is 1. The number of amides is 2. The minimum absolute atomic E-state index is 0.162. The van der Waals surface area contributed by atoms with Gasteiger partial charge in [0.25, 0.3) is 11.1 Å². The van der Waals surface area contributed by atoms with Crippen LogP contribution in [-0.2, 0) is 4.79 Å². The molecule has 1 fully saturated rings. The van der Waals surface area contributed by atoms with E-state index in [0.29, 0.717) is 27.5 Å². The molecular formula is C28H25NO6S. The van der Waals surface area contributed by atoms with Crippen LogP contribution >= 0.6 is 11.8 Å². The molecule has 0 aromatic heterocycles. The monoisotopic (exact) mass is 503 g/mol. The highest BCUT2D eigenvalue weighted by atomic mass is 32.2. The molecule has 4 rings (SSSR count). The highest BCUT2D eigenvalue weighted by molar-refractivity contribution is 8.18. The van der Waals surface area contributed by atoms with Gasteiger partial charge in [-0.1, -0.05) is 24.3 Å². The van der Waals surface area contributed by atoms with Crippen molar-refractivity contribution in [2.45, 2.75) is 13.8 Å². The summed E-state index contributed by atoms with van der Waals surface area (Å²) in [5, 5.41) is -0.333. The van der Waals surface area contributed by atoms with Crippen LogP contribution in [0, 0.1) is 13.8 Å². The molecule has 0 saturated carbocycles. The fourth-order valence-corrected chi connectivity index (χ4v) is 4.34. The highest BCUT2D eigenvalue weighted by Gasteiger charge is 2.34. The molecule has 36 heavy (non-hydrogen) atoms. The summed E-state index contributed by atoms with van der Waals surface area (Å²) in [6.45, 7) is 4.30. The first kappa shape index (κ1) is 25.1. The summed E-state index contributed by atoms with van der Waals surface area (Å²) in [5.41, 5.74) is 3.17. The van der Waals surface area contributed by atoms with Crippen LogP contribution in [0.4, 0.5) is 4.79 Å². The van der Waals surface area contributed by atoms with E-state index < -0.39 is 5.97 Å². The molecule has 1 saturated heterocycles. The molecule has 0 aliphatic carbocycles. The van der Waals surface area contributed by atoms with E-state index >= 15 is 0 Å². The summed E-state index contributed by atoms with van der Waals surface area (Å²) in [7, 11) is 1.55. The summed E-state index contributed by atoms with van der Waals surface area (Å²) >= 11 is 0.891. The minimum Gasteiger partial charge on any atom is -0.497 e. The summed E-state index contributed by atoms with van der Waals surface area (Å²) < 4.78 is 16.3. The zero-order valence-electron chi connectivity index (χ0n) is 20.1. The van der Waals surface area contributed by atoms with Crippen LogP contribution < -0.4 is 14.2 Å². The largest absolute Gasteiger partial charge is 0.497 e. The van der Waals surface area contributed by atoms with Gasteiger partial charge < -0.3 is 14.2 Å². The van der Waals surface area contributed by atoms with E-state index in [2.05, 4.69) is 0 Å². The van der Waals surface area contributed by atoms with E-state index in [9.17, 15) is 14.4 Å². The Labute approximate surface area is 213 Å². The lowest BCUT2D eigenvalue weighted by Gasteiger charge is -2.14. The van der Waals surface area contributed by atoms with Crippen LogP contribution in [0.5, 0.6) is 17.2 Å². The third-order valence-electron chi connectivity index (χ3n) is 5.50. The maximum Gasteiger partial charge on any atom is 0.343 e. The maximum absolute atomic E-state index is 12.8. The van der Waals surface area contributed by atoms with Crippen LogP contribution in [-0.4, -0.2) is 42.3 Å². The van der Waals surface area contributed by atoms with E-state index in [-0.39, 0.29) is 24.3 Å². The quantitative estimate of drug-likeness (QED) is 0.223. The van der Waals surface area contributed by atoms with E-state index in [1.54, 1.807) is 61.7 Å². The Kier molecular flexibility index (Phi) is 7.75. The normalized spacial score (nSPS) is 14.3. The van der Waals surface area contributed by atoms with Gasteiger partial charge in [-0.2, -0.15) is 0 Å². The molecule has 0 unspecified atom stereocenters. The van der Waals surface area contributed by atoms with Crippen molar-refractivity contribution in [1.82, 2.24) is 4.90 Å². The lowest BCUT2D eigenvalue weighted by Crippen LogP contribution is -2.32. The number of carbonyl (C=O) groups is 3. The maximum atomic E-state index is 12.8. The van der Waals surface area contributed by atoms with Gasteiger partial charge in [0.15, 0.2) is 0 Å². The van der Waals surface area contributed by atoms with E-state index in [0.717, 1.165) is 28.6 Å². The van der Waals surface area contributed by atoms with Crippen LogP contribution in [0.15, 0.2) is 71.6 Å². The predicted molar refractivity (Wildman–Crippen MR) is 138 cm³/mol. The van der Waals surface area contributed by atoms with Crippen molar-refractivity contribution in [2.24, 2.45) is 0 Å². The first-order valence-corrected chi connectivity index (χ1v) is 12.1. The average Bonchev–Trinajstić information content (AvgIpc) is 3.14. The molecule has 0 bridgehead atoms. The number of carbonyl (C=O) groups excluding carboxylic acids is 3. The molecule has 1 heterocycles. The van der Waals surface area contributed by atoms with Gasteiger partial charge in [0.1, 0.15) is 23.9 Å². The van der Waals surface area contributed by atoms with Gasteiger partial charge in [-0.3, -0.25) is 14.5 Å². The van der Waals surface area contributed by atoms with Gasteiger partial charge in [0.05, 0.1) is 24.1 Å². The molecule has 3 aromatic rings. The number of hydrogen-bond acceptors (Lipinski definition) is 7. The van der Waals surface area contributed by atoms with Crippen LogP contribution in [0.3, 0.4) is 0 Å². The summed E-state index contributed by atoms with van der Waals surface area (Å²) in [4.78, 5) is 39.0. The fraction of sp³-hybridized carbons (Fsp3) is 0.179. The van der Waals surface area contributed by atoms with Crippen molar-refractivity contribution in [2.75, 3.05) is 20.3 Å². The Balaban J connectivity index is 1.35. The second-order valence-electron chi connectivity index (χ2n) is 8.14. The Hall–Kier alpha value is -4.04. The second kappa shape index (κ2) is 11.1. The predicted octanol–water partition coefficient (Wildman–Crippen LogP) is 5.65. The average molecular weight is 504 g/mol. The number of nitrogens with zero attached hydrogens (tertiary/aromatic N) is 1. The SMILES string of the molecule is COc1ccc(C(=O)Oc2ccc(/C=C3\SC(=O)N(CCOc4cc(C)ccc4C)C3=O)cc2)cc1. The third kappa shape index (κ3) is 5.95. The number of rotatable bonds is 8. The molecule has 3 aromatic carbocycles. The van der Waals surface area contributed by atoms with Crippen LogP contribution in [0.1, 0.15) is 27.0 Å². The number of benzene rings is 3. The third-order valence-corrected chi connectivity index (χ3v) is 6.41. The van der Waals surface area contributed by atoms with Crippen molar-refractivity contribution in [1.29, 1.82) is 0 Å². The van der Waals surface area contributed by atoms with Gasteiger partial charge >= 0.3 is 5.97 Å². The number of hydrogen-bond donors (Lipinski definition) is 0. The number of ether oxygens (including phenoxy) is 3. The standard InChI is InChI=1S/C28H25NO6S/c1-18-4-5-19(2)24(16-18)34-15-14-29-26(30)25(36-28(29)32)17-20-6-10-23(11-7-20)35-27(31)21-8-12-22(33-3)13-9-21/h4-13,16-17H,14-15H2,1-3H3/b25-17-. The number of imide groups is 1. The van der Waals surface area contributed by atoms with Gasteiger partial charge in [-0.05, 0) is 90.8 Å². The molecule has 184 valence electrons. The summed E-state index contributed by atoms with van der Waals surface area (Å²) in [5.74, 6) is 0.906. The van der Waals surface area contributed by atoms with E-state index in [1.165, 1.54) is 4.90 Å². The Morgan fingerprint density at radius 1 is 0.944 bits per heavy atom. The topological polar surface area (TPSA) is 82.1 Å². The van der Waals surface area contributed by atoms with Crippen molar-refractivity contribution in [3.63, 3.8) is 0 Å². The molecule has 2 amide bonds. The van der Waals surface area contributed by atoms with Crippen molar-refractivity contribution >= 4 is 35.0 Å². The molecule has 0 radical (unpaired) electrons. The van der Waals surface area contributed by atoms with E-state index in [4.69, 9.17) is 14.2 Å². The smallest absolute Gasteiger partial charge is 0.343 e. The lowest BCUT2D eigenvalue weighted by atomic mass is 10.1. The molecular weight excluding hydrogens is 478 g/mol. The second-order valence-corrected chi connectivity index (χ2v) is 9.13. The minimum atomic E-state index is -0.491. The Morgan fingerprint density at radius 3 is 2.33 bits per heavy atom. The molecule has 8 heteroatoms. The number of thioether (sulfide) groups is 1. The zero-order valence-corrected chi connectivity index (χ0v) is 21.0.